The molecule has 24 heavy (non-hydrogen) atoms. The van der Waals surface area contributed by atoms with E-state index >= 15 is 0 Å². The Morgan fingerprint density at radius 1 is 1.25 bits per heavy atom. The van der Waals surface area contributed by atoms with Crippen molar-refractivity contribution in [3.63, 3.8) is 0 Å². The molecule has 0 radical (unpaired) electrons. The van der Waals surface area contributed by atoms with E-state index in [0.717, 1.165) is 41.9 Å². The van der Waals surface area contributed by atoms with Crippen molar-refractivity contribution in [3.8, 4) is 0 Å². The SMILES string of the molecule is Clc1cc2c(NCc3cccs3)nc(C3=CCCCC3)nc2cn1. The maximum absolute atomic E-state index is 6.08. The van der Waals surface area contributed by atoms with Crippen LogP contribution in [-0.4, -0.2) is 15.0 Å². The van der Waals surface area contributed by atoms with Gasteiger partial charge < -0.3 is 5.32 Å². The number of hydrogen-bond acceptors (Lipinski definition) is 5. The predicted octanol–water partition coefficient (Wildman–Crippen LogP) is 5.31. The van der Waals surface area contributed by atoms with Gasteiger partial charge in [-0.25, -0.2) is 15.0 Å². The van der Waals surface area contributed by atoms with E-state index in [2.05, 4.69) is 33.9 Å². The minimum Gasteiger partial charge on any atom is -0.365 e. The fourth-order valence-electron chi connectivity index (χ4n) is 2.91. The second-order valence-corrected chi connectivity index (χ2v) is 7.25. The lowest BCUT2D eigenvalue weighted by Crippen LogP contribution is -2.06. The molecule has 0 atom stereocenters. The smallest absolute Gasteiger partial charge is 0.157 e. The van der Waals surface area contributed by atoms with Crippen LogP contribution in [0.3, 0.4) is 0 Å². The Morgan fingerprint density at radius 3 is 3.00 bits per heavy atom. The number of thiophene rings is 1. The number of aromatic nitrogens is 3. The standard InChI is InChI=1S/C18H17ClN4S/c19-16-9-14-15(11-20-16)22-17(12-5-2-1-3-6-12)23-18(14)21-10-13-7-4-8-24-13/h4-5,7-9,11H,1-3,6,10H2,(H,21,22,23). The normalized spacial score (nSPS) is 14.6. The molecule has 1 aliphatic rings. The molecule has 1 N–H and O–H groups in total. The Morgan fingerprint density at radius 2 is 2.21 bits per heavy atom. The second kappa shape index (κ2) is 6.87. The molecule has 1 aliphatic carbocycles. The molecule has 6 heteroatoms. The zero-order valence-corrected chi connectivity index (χ0v) is 14.7. The molecule has 0 spiro atoms. The third kappa shape index (κ3) is 3.28. The highest BCUT2D eigenvalue weighted by molar-refractivity contribution is 7.09. The maximum Gasteiger partial charge on any atom is 0.157 e. The number of anilines is 1. The number of fused-ring (bicyclic) bond motifs is 1. The van der Waals surface area contributed by atoms with E-state index in [1.165, 1.54) is 23.3 Å². The summed E-state index contributed by atoms with van der Waals surface area (Å²) < 4.78 is 0. The Kier molecular flexibility index (Phi) is 4.45. The molecule has 0 amide bonds. The Balaban J connectivity index is 1.75. The van der Waals surface area contributed by atoms with Gasteiger partial charge in [-0.05, 0) is 48.8 Å². The molecule has 3 aromatic heterocycles. The molecule has 0 fully saturated rings. The van der Waals surface area contributed by atoms with Crippen LogP contribution in [0.4, 0.5) is 5.82 Å². The predicted molar refractivity (Wildman–Crippen MR) is 100 cm³/mol. The molecular weight excluding hydrogens is 340 g/mol. The number of hydrogen-bond donors (Lipinski definition) is 1. The summed E-state index contributed by atoms with van der Waals surface area (Å²) in [5, 5.41) is 6.88. The van der Waals surface area contributed by atoms with Crippen molar-refractivity contribution in [2.24, 2.45) is 0 Å². The van der Waals surface area contributed by atoms with Crippen LogP contribution in [0.2, 0.25) is 5.15 Å². The number of nitrogens with zero attached hydrogens (tertiary/aromatic N) is 3. The average Bonchev–Trinajstić information content (AvgIpc) is 3.14. The summed E-state index contributed by atoms with van der Waals surface area (Å²) in [6, 6.07) is 5.99. The summed E-state index contributed by atoms with van der Waals surface area (Å²) in [6.45, 7) is 0.738. The summed E-state index contributed by atoms with van der Waals surface area (Å²) in [6.07, 6.45) is 8.58. The van der Waals surface area contributed by atoms with Crippen LogP contribution in [0.1, 0.15) is 36.4 Å². The first-order valence-corrected chi connectivity index (χ1v) is 9.34. The lowest BCUT2D eigenvalue weighted by atomic mass is 9.99. The van der Waals surface area contributed by atoms with Crippen molar-refractivity contribution in [1.82, 2.24) is 15.0 Å². The van der Waals surface area contributed by atoms with Crippen LogP contribution in [-0.2, 0) is 6.54 Å². The summed E-state index contributed by atoms with van der Waals surface area (Å²) in [4.78, 5) is 14.9. The largest absolute Gasteiger partial charge is 0.365 e. The molecule has 4 rings (SSSR count). The molecule has 4 nitrogen and oxygen atoms in total. The topological polar surface area (TPSA) is 50.7 Å². The van der Waals surface area contributed by atoms with Gasteiger partial charge in [0, 0.05) is 10.3 Å². The zero-order chi connectivity index (χ0) is 16.4. The third-order valence-corrected chi connectivity index (χ3v) is 5.22. The van der Waals surface area contributed by atoms with Crippen LogP contribution in [0.15, 0.2) is 35.9 Å². The van der Waals surface area contributed by atoms with Gasteiger partial charge in [0.2, 0.25) is 0 Å². The van der Waals surface area contributed by atoms with Gasteiger partial charge in [-0.1, -0.05) is 23.7 Å². The van der Waals surface area contributed by atoms with Crippen molar-refractivity contribution in [2.75, 3.05) is 5.32 Å². The molecule has 3 aromatic rings. The van der Waals surface area contributed by atoms with Crippen LogP contribution in [0.5, 0.6) is 0 Å². The van der Waals surface area contributed by atoms with Gasteiger partial charge >= 0.3 is 0 Å². The molecule has 0 bridgehead atoms. The van der Waals surface area contributed by atoms with Gasteiger partial charge in [-0.3, -0.25) is 0 Å². The van der Waals surface area contributed by atoms with Gasteiger partial charge in [-0.2, -0.15) is 0 Å². The van der Waals surface area contributed by atoms with E-state index in [1.807, 2.05) is 6.07 Å². The van der Waals surface area contributed by atoms with Gasteiger partial charge in [0.05, 0.1) is 18.3 Å². The first kappa shape index (κ1) is 15.5. The lowest BCUT2D eigenvalue weighted by molar-refractivity contribution is 0.737. The molecule has 3 heterocycles. The van der Waals surface area contributed by atoms with Gasteiger partial charge in [0.15, 0.2) is 5.82 Å². The highest BCUT2D eigenvalue weighted by Gasteiger charge is 2.14. The van der Waals surface area contributed by atoms with Crippen LogP contribution >= 0.6 is 22.9 Å². The quantitative estimate of drug-likeness (QED) is 0.643. The van der Waals surface area contributed by atoms with E-state index in [9.17, 15) is 0 Å². The molecule has 0 saturated carbocycles. The number of allylic oxidation sites excluding steroid dienone is 2. The first-order chi connectivity index (χ1) is 11.8. The van der Waals surface area contributed by atoms with Crippen LogP contribution < -0.4 is 5.32 Å². The number of halogens is 1. The van der Waals surface area contributed by atoms with Crippen molar-refractivity contribution >= 4 is 45.2 Å². The van der Waals surface area contributed by atoms with Gasteiger partial charge in [0.1, 0.15) is 11.0 Å². The molecular formula is C18H17ClN4S. The Labute approximate surface area is 149 Å². The molecule has 0 saturated heterocycles. The highest BCUT2D eigenvalue weighted by Crippen LogP contribution is 2.29. The van der Waals surface area contributed by atoms with E-state index < -0.39 is 0 Å². The molecule has 122 valence electrons. The van der Waals surface area contributed by atoms with E-state index in [4.69, 9.17) is 21.6 Å². The summed E-state index contributed by atoms with van der Waals surface area (Å²) in [5.74, 6) is 1.62. The van der Waals surface area contributed by atoms with E-state index in [-0.39, 0.29) is 0 Å². The molecule has 0 aliphatic heterocycles. The Bertz CT molecular complexity index is 889. The van der Waals surface area contributed by atoms with Crippen molar-refractivity contribution in [3.05, 3.63) is 51.7 Å². The monoisotopic (exact) mass is 356 g/mol. The summed E-state index contributed by atoms with van der Waals surface area (Å²) in [5.41, 5.74) is 2.06. The minimum absolute atomic E-state index is 0.454. The number of pyridine rings is 1. The highest BCUT2D eigenvalue weighted by atomic mass is 35.5. The van der Waals surface area contributed by atoms with Crippen LogP contribution in [0.25, 0.3) is 16.5 Å². The summed E-state index contributed by atoms with van der Waals surface area (Å²) in [7, 11) is 0. The minimum atomic E-state index is 0.454. The van der Waals surface area contributed by atoms with E-state index in [1.54, 1.807) is 17.5 Å². The third-order valence-electron chi connectivity index (χ3n) is 4.14. The Hall–Kier alpha value is -1.98. The molecule has 0 aromatic carbocycles. The fraction of sp³-hybridized carbons (Fsp3) is 0.278. The first-order valence-electron chi connectivity index (χ1n) is 8.08. The van der Waals surface area contributed by atoms with Crippen LogP contribution in [0, 0.1) is 0 Å². The molecule has 0 unspecified atom stereocenters. The number of nitrogens with one attached hydrogen (secondary N) is 1. The van der Waals surface area contributed by atoms with Gasteiger partial charge in [0.25, 0.3) is 0 Å². The maximum atomic E-state index is 6.08. The van der Waals surface area contributed by atoms with Crippen molar-refractivity contribution in [1.29, 1.82) is 0 Å². The summed E-state index contributed by atoms with van der Waals surface area (Å²) >= 11 is 7.80. The second-order valence-electron chi connectivity index (χ2n) is 5.83. The zero-order valence-electron chi connectivity index (χ0n) is 13.1. The number of rotatable bonds is 4. The fourth-order valence-corrected chi connectivity index (χ4v) is 3.71. The van der Waals surface area contributed by atoms with Crippen molar-refractivity contribution in [2.45, 2.75) is 32.2 Å². The van der Waals surface area contributed by atoms with Crippen molar-refractivity contribution < 1.29 is 0 Å². The lowest BCUT2D eigenvalue weighted by Gasteiger charge is -2.14. The van der Waals surface area contributed by atoms with Gasteiger partial charge in [-0.15, -0.1) is 11.3 Å². The van der Waals surface area contributed by atoms with E-state index in [0.29, 0.717) is 5.15 Å². The average molecular weight is 357 g/mol.